The molecular formula is C16H15Cl2FN4. The molecule has 1 fully saturated rings. The summed E-state index contributed by atoms with van der Waals surface area (Å²) in [7, 11) is 0. The number of hydrogen-bond donors (Lipinski definition) is 2. The van der Waals surface area contributed by atoms with Crippen molar-refractivity contribution >= 4 is 34.4 Å². The highest BCUT2D eigenvalue weighted by Gasteiger charge is 2.43. The van der Waals surface area contributed by atoms with Gasteiger partial charge in [0.15, 0.2) is 0 Å². The minimum absolute atomic E-state index is 0.0772. The van der Waals surface area contributed by atoms with E-state index in [1.165, 1.54) is 0 Å². The average molecular weight is 353 g/mol. The fraction of sp³-hybridized carbons (Fsp3) is 0.188. The van der Waals surface area contributed by atoms with Crippen LogP contribution in [0.25, 0.3) is 5.52 Å². The van der Waals surface area contributed by atoms with Gasteiger partial charge in [0.2, 0.25) is 0 Å². The molecule has 120 valence electrons. The smallest absolute Gasteiger partial charge is 0.123 e. The van der Waals surface area contributed by atoms with Gasteiger partial charge < -0.3 is 10.6 Å². The third-order valence-corrected chi connectivity index (χ3v) is 4.54. The Kier molecular flexibility index (Phi) is 4.19. The van der Waals surface area contributed by atoms with Crippen molar-refractivity contribution < 1.29 is 4.39 Å². The first-order valence-electron chi connectivity index (χ1n) is 6.95. The topological polar surface area (TPSA) is 41.4 Å². The van der Waals surface area contributed by atoms with Crippen LogP contribution < -0.4 is 10.6 Å². The van der Waals surface area contributed by atoms with Crippen molar-refractivity contribution in [2.24, 2.45) is 0 Å². The lowest BCUT2D eigenvalue weighted by molar-refractivity contribution is 0.352. The van der Waals surface area contributed by atoms with E-state index < -0.39 is 11.4 Å². The van der Waals surface area contributed by atoms with Crippen LogP contribution >= 0.6 is 23.2 Å². The number of halogens is 3. The first kappa shape index (κ1) is 16.1. The van der Waals surface area contributed by atoms with Gasteiger partial charge in [-0.2, -0.15) is 5.10 Å². The van der Waals surface area contributed by atoms with Crippen LogP contribution in [-0.2, 0) is 0 Å². The highest BCUT2D eigenvalue weighted by atomic mass is 35.5. The fourth-order valence-electron chi connectivity index (χ4n) is 2.69. The molecular weight excluding hydrogens is 338 g/mol. The van der Waals surface area contributed by atoms with E-state index in [4.69, 9.17) is 23.2 Å². The van der Waals surface area contributed by atoms with E-state index in [1.54, 1.807) is 10.7 Å². The third-order valence-electron chi connectivity index (χ3n) is 3.84. The molecule has 23 heavy (non-hydrogen) atoms. The van der Waals surface area contributed by atoms with Gasteiger partial charge >= 0.3 is 0 Å². The molecule has 0 spiro atoms. The van der Waals surface area contributed by atoms with Crippen LogP contribution in [0, 0.1) is 0 Å². The number of pyridine rings is 1. The number of nitrogens with one attached hydrogen (secondary N) is 2. The summed E-state index contributed by atoms with van der Waals surface area (Å²) >= 11 is 12.0. The van der Waals surface area contributed by atoms with E-state index in [1.807, 2.05) is 24.4 Å². The maximum Gasteiger partial charge on any atom is 0.123 e. The van der Waals surface area contributed by atoms with Crippen molar-refractivity contribution in [1.82, 2.24) is 14.9 Å². The van der Waals surface area contributed by atoms with Gasteiger partial charge in [-0.1, -0.05) is 36.4 Å². The monoisotopic (exact) mass is 352 g/mol. The van der Waals surface area contributed by atoms with Crippen LogP contribution in [0.4, 0.5) is 10.1 Å². The number of allylic oxidation sites excluding steroid dienone is 2. The maximum atomic E-state index is 14.1. The molecule has 1 saturated heterocycles. The lowest BCUT2D eigenvalue weighted by Crippen LogP contribution is -2.65. The molecule has 0 aliphatic carbocycles. The van der Waals surface area contributed by atoms with Crippen molar-refractivity contribution in [3.8, 4) is 0 Å². The van der Waals surface area contributed by atoms with Gasteiger partial charge in [0.05, 0.1) is 33.0 Å². The molecule has 2 N–H and O–H groups in total. The van der Waals surface area contributed by atoms with E-state index in [0.29, 0.717) is 13.1 Å². The molecule has 0 unspecified atom stereocenters. The third kappa shape index (κ3) is 2.87. The Labute approximate surface area is 143 Å². The molecule has 7 heteroatoms. The van der Waals surface area contributed by atoms with E-state index in [9.17, 15) is 4.39 Å². The summed E-state index contributed by atoms with van der Waals surface area (Å²) in [5.74, 6) is -0.633. The predicted octanol–water partition coefficient (Wildman–Crippen LogP) is 3.82. The van der Waals surface area contributed by atoms with Crippen molar-refractivity contribution in [1.29, 1.82) is 0 Å². The zero-order valence-corrected chi connectivity index (χ0v) is 13.8. The Balaban J connectivity index is 2.01. The molecule has 4 nitrogen and oxygen atoms in total. The largest absolute Gasteiger partial charge is 0.372 e. The van der Waals surface area contributed by atoms with Gasteiger partial charge in [0.25, 0.3) is 0 Å². The zero-order valence-electron chi connectivity index (χ0n) is 12.2. The van der Waals surface area contributed by atoms with Crippen LogP contribution in [0.5, 0.6) is 0 Å². The molecule has 0 saturated carbocycles. The highest BCUT2D eigenvalue weighted by Crippen LogP contribution is 2.38. The fourth-order valence-corrected chi connectivity index (χ4v) is 3.07. The minimum Gasteiger partial charge on any atom is -0.372 e. The summed E-state index contributed by atoms with van der Waals surface area (Å²) < 4.78 is 15.8. The Bertz CT molecular complexity index is 820. The van der Waals surface area contributed by atoms with Crippen molar-refractivity contribution in [2.75, 3.05) is 18.4 Å². The summed E-state index contributed by atoms with van der Waals surface area (Å²) in [6.45, 7) is 7.95. The number of hydrogen-bond acceptors (Lipinski definition) is 3. The van der Waals surface area contributed by atoms with Crippen LogP contribution in [-0.4, -0.2) is 28.2 Å². The number of rotatable bonds is 5. The molecule has 0 bridgehead atoms. The predicted molar refractivity (Wildman–Crippen MR) is 92.5 cm³/mol. The van der Waals surface area contributed by atoms with Crippen molar-refractivity contribution in [3.63, 3.8) is 0 Å². The van der Waals surface area contributed by atoms with Gasteiger partial charge in [0, 0.05) is 24.9 Å². The van der Waals surface area contributed by atoms with Gasteiger partial charge in [-0.05, 0) is 18.2 Å². The van der Waals surface area contributed by atoms with Crippen LogP contribution in [0.3, 0.4) is 0 Å². The normalized spacial score (nSPS) is 17.3. The Hall–Kier alpha value is -1.82. The Morgan fingerprint density at radius 1 is 1.30 bits per heavy atom. The molecule has 0 amide bonds. The highest BCUT2D eigenvalue weighted by molar-refractivity contribution is 6.44. The zero-order chi connectivity index (χ0) is 16.6. The molecule has 0 aromatic carbocycles. The van der Waals surface area contributed by atoms with Gasteiger partial charge in [-0.3, -0.25) is 0 Å². The summed E-state index contributed by atoms with van der Waals surface area (Å²) in [6, 6.07) is 5.72. The summed E-state index contributed by atoms with van der Waals surface area (Å²) in [5.41, 5.74) is 1.24. The summed E-state index contributed by atoms with van der Waals surface area (Å²) in [6.07, 6.45) is 3.54. The summed E-state index contributed by atoms with van der Waals surface area (Å²) in [4.78, 5) is 0. The van der Waals surface area contributed by atoms with Crippen molar-refractivity contribution in [3.05, 3.63) is 65.2 Å². The second-order valence-corrected chi connectivity index (χ2v) is 6.26. The maximum absolute atomic E-state index is 14.1. The molecule has 0 atom stereocenters. The van der Waals surface area contributed by atoms with Crippen molar-refractivity contribution in [2.45, 2.75) is 5.54 Å². The van der Waals surface area contributed by atoms with E-state index >= 15 is 0 Å². The van der Waals surface area contributed by atoms with Crippen LogP contribution in [0.15, 0.2) is 65.2 Å². The number of fused-ring (bicyclic) bond motifs is 1. The molecule has 3 heterocycles. The van der Waals surface area contributed by atoms with Crippen LogP contribution in [0.1, 0.15) is 0 Å². The van der Waals surface area contributed by atoms with Gasteiger partial charge in [-0.15, -0.1) is 0 Å². The second kappa shape index (κ2) is 6.00. The minimum atomic E-state index is -0.735. The molecule has 0 radical (unpaired) electrons. The van der Waals surface area contributed by atoms with Crippen LogP contribution in [0.2, 0.25) is 0 Å². The molecule has 2 aromatic rings. The first-order chi connectivity index (χ1) is 10.9. The number of aromatic nitrogens is 2. The lowest BCUT2D eigenvalue weighted by Gasteiger charge is -2.45. The van der Waals surface area contributed by atoms with E-state index in [2.05, 4.69) is 28.9 Å². The van der Waals surface area contributed by atoms with Gasteiger partial charge in [-0.25, -0.2) is 8.91 Å². The molecule has 1 aliphatic heterocycles. The number of nitrogens with zero attached hydrogens (tertiary/aromatic N) is 2. The average Bonchev–Trinajstić information content (AvgIpc) is 2.91. The number of anilines is 1. The second-order valence-electron chi connectivity index (χ2n) is 5.43. The Morgan fingerprint density at radius 3 is 2.61 bits per heavy atom. The first-order valence-corrected chi connectivity index (χ1v) is 7.71. The van der Waals surface area contributed by atoms with E-state index in [0.717, 1.165) is 11.2 Å². The molecule has 2 aromatic heterocycles. The quantitative estimate of drug-likeness (QED) is 0.803. The van der Waals surface area contributed by atoms with Gasteiger partial charge in [0.1, 0.15) is 5.83 Å². The van der Waals surface area contributed by atoms with E-state index in [-0.39, 0.29) is 15.6 Å². The SMILES string of the molecule is C=C(Cl)/C(Cl)=C(\C(=C)F)C1(Nc2ccc3ccnn3c2)CNC1. The lowest BCUT2D eigenvalue weighted by atomic mass is 9.82. The molecule has 1 aliphatic rings. The summed E-state index contributed by atoms with van der Waals surface area (Å²) in [5, 5.41) is 10.8. The Morgan fingerprint density at radius 2 is 2.04 bits per heavy atom. The molecule has 3 rings (SSSR count). The standard InChI is InChI=1S/C16H15Cl2FN4/c1-10(17)15(18)14(11(2)19)16(8-20-9-16)22-12-3-4-13-5-6-21-23(13)7-12/h3-7,20,22H,1-2,8-9H2/b15-14-.